The van der Waals surface area contributed by atoms with Gasteiger partial charge < -0.3 is 11.1 Å². The van der Waals surface area contributed by atoms with E-state index in [0.717, 1.165) is 11.3 Å². The van der Waals surface area contributed by atoms with E-state index in [2.05, 4.69) is 31.0 Å². The maximum atomic E-state index is 12.3. The largest absolute Gasteiger partial charge is 0.389 e. The van der Waals surface area contributed by atoms with Gasteiger partial charge in [-0.05, 0) is 51.1 Å². The third kappa shape index (κ3) is 4.79. The van der Waals surface area contributed by atoms with Crippen LogP contribution in [0.25, 0.3) is 0 Å². The molecule has 4 nitrogen and oxygen atoms in total. The normalized spacial score (nSPS) is 14.0. The molecule has 5 heteroatoms. The van der Waals surface area contributed by atoms with Gasteiger partial charge in [0.05, 0.1) is 6.04 Å². The van der Waals surface area contributed by atoms with Crippen LogP contribution >= 0.6 is 12.2 Å². The Morgan fingerprint density at radius 1 is 1.19 bits per heavy atom. The first-order valence-electron chi connectivity index (χ1n) is 7.16. The number of hydrogen-bond acceptors (Lipinski definition) is 3. The lowest BCUT2D eigenvalue weighted by Crippen LogP contribution is -2.46. The Labute approximate surface area is 132 Å². The summed E-state index contributed by atoms with van der Waals surface area (Å²) in [5.41, 5.74) is 7.09. The first-order chi connectivity index (χ1) is 9.73. The van der Waals surface area contributed by atoms with E-state index >= 15 is 0 Å². The number of nitrogens with two attached hydrogens (primary N) is 1. The maximum Gasteiger partial charge on any atom is 0.241 e. The molecule has 2 atom stereocenters. The van der Waals surface area contributed by atoms with Gasteiger partial charge in [0.25, 0.3) is 0 Å². The molecule has 0 saturated heterocycles. The number of carbonyl (C=O) groups excluding carboxylic acids is 1. The summed E-state index contributed by atoms with van der Waals surface area (Å²) in [5.74, 6) is 0.475. The number of nitrogens with one attached hydrogen (secondary N) is 1. The molecule has 1 aromatic rings. The second-order valence-corrected chi connectivity index (χ2v) is 6.20. The zero-order chi connectivity index (χ0) is 16.2. The van der Waals surface area contributed by atoms with E-state index in [0.29, 0.717) is 16.9 Å². The monoisotopic (exact) mass is 307 g/mol. The molecule has 0 bridgehead atoms. The molecule has 0 saturated carbocycles. The zero-order valence-corrected chi connectivity index (χ0v) is 14.2. The van der Waals surface area contributed by atoms with Crippen molar-refractivity contribution in [2.75, 3.05) is 12.4 Å². The van der Waals surface area contributed by atoms with Crippen molar-refractivity contribution in [1.82, 2.24) is 4.90 Å². The number of amides is 1. The van der Waals surface area contributed by atoms with Crippen molar-refractivity contribution in [3.63, 3.8) is 0 Å². The van der Waals surface area contributed by atoms with Crippen LogP contribution in [0.2, 0.25) is 0 Å². The summed E-state index contributed by atoms with van der Waals surface area (Å²) in [6.45, 7) is 8.35. The molecule has 1 aromatic carbocycles. The summed E-state index contributed by atoms with van der Waals surface area (Å²) in [7, 11) is 1.98. The predicted molar refractivity (Wildman–Crippen MR) is 92.5 cm³/mol. The summed E-state index contributed by atoms with van der Waals surface area (Å²) in [6.07, 6.45) is 0. The van der Waals surface area contributed by atoms with Gasteiger partial charge in [-0.25, -0.2) is 0 Å². The lowest BCUT2D eigenvalue weighted by Gasteiger charge is -2.32. The summed E-state index contributed by atoms with van der Waals surface area (Å²) in [4.78, 5) is 14.7. The Balaban J connectivity index is 2.69. The molecule has 2 unspecified atom stereocenters. The molecule has 0 aliphatic rings. The topological polar surface area (TPSA) is 58.4 Å². The Hall–Kier alpha value is -1.46. The average Bonchev–Trinajstić information content (AvgIpc) is 2.45. The van der Waals surface area contributed by atoms with Crippen LogP contribution in [0.1, 0.15) is 33.3 Å². The molecule has 3 N–H and O–H groups in total. The van der Waals surface area contributed by atoms with Crippen LogP contribution in [0.3, 0.4) is 0 Å². The number of nitrogens with zero attached hydrogens (tertiary/aromatic N) is 1. The highest BCUT2D eigenvalue weighted by atomic mass is 32.1. The second-order valence-electron chi connectivity index (χ2n) is 5.76. The molecule has 1 amide bonds. The maximum absolute atomic E-state index is 12.3. The van der Waals surface area contributed by atoms with Crippen molar-refractivity contribution >= 4 is 28.8 Å². The third-order valence-corrected chi connectivity index (χ3v) is 4.27. The van der Waals surface area contributed by atoms with E-state index in [1.54, 1.807) is 0 Å². The minimum Gasteiger partial charge on any atom is -0.389 e. The highest BCUT2D eigenvalue weighted by Crippen LogP contribution is 2.14. The van der Waals surface area contributed by atoms with Crippen molar-refractivity contribution in [3.8, 4) is 0 Å². The van der Waals surface area contributed by atoms with Gasteiger partial charge in [0.1, 0.15) is 4.99 Å². The van der Waals surface area contributed by atoms with Crippen LogP contribution in [0.15, 0.2) is 24.3 Å². The van der Waals surface area contributed by atoms with Gasteiger partial charge in [-0.1, -0.05) is 26.1 Å². The molecule has 116 valence electrons. The number of benzene rings is 1. The Bertz CT molecular complexity index is 499. The standard InChI is InChI=1S/C16H25N3OS/c1-10(2)11(3)19(5)12(4)16(20)18-14-8-6-13(7-9-14)15(17)21/h6-12H,1-5H3,(H2,17,21)(H,18,20). The number of hydrogen-bond donors (Lipinski definition) is 2. The first kappa shape index (κ1) is 17.6. The van der Waals surface area contributed by atoms with Gasteiger partial charge in [0.15, 0.2) is 0 Å². The fourth-order valence-electron chi connectivity index (χ4n) is 1.97. The number of anilines is 1. The van der Waals surface area contributed by atoms with Gasteiger partial charge in [-0.2, -0.15) is 0 Å². The summed E-state index contributed by atoms with van der Waals surface area (Å²) < 4.78 is 0. The van der Waals surface area contributed by atoms with Gasteiger partial charge in [0.2, 0.25) is 5.91 Å². The van der Waals surface area contributed by atoms with Crippen LogP contribution in [0, 0.1) is 5.92 Å². The molecule has 0 fully saturated rings. The molecule has 0 radical (unpaired) electrons. The molecule has 0 aliphatic heterocycles. The van der Waals surface area contributed by atoms with E-state index in [1.165, 1.54) is 0 Å². The number of carbonyl (C=O) groups is 1. The minimum absolute atomic E-state index is 0.0203. The summed E-state index contributed by atoms with van der Waals surface area (Å²) in [5, 5.41) is 2.92. The molecule has 0 spiro atoms. The van der Waals surface area contributed by atoms with E-state index in [4.69, 9.17) is 18.0 Å². The fourth-order valence-corrected chi connectivity index (χ4v) is 2.11. The molecular weight excluding hydrogens is 282 g/mol. The van der Waals surface area contributed by atoms with Crippen LogP contribution in [0.5, 0.6) is 0 Å². The lowest BCUT2D eigenvalue weighted by molar-refractivity contribution is -0.121. The van der Waals surface area contributed by atoms with E-state index in [1.807, 2.05) is 38.2 Å². The van der Waals surface area contributed by atoms with Crippen LogP contribution < -0.4 is 11.1 Å². The van der Waals surface area contributed by atoms with Gasteiger partial charge in [0, 0.05) is 17.3 Å². The molecular formula is C16H25N3OS. The molecule has 0 aromatic heterocycles. The van der Waals surface area contributed by atoms with Crippen molar-refractivity contribution in [2.45, 2.75) is 39.8 Å². The van der Waals surface area contributed by atoms with Crippen molar-refractivity contribution in [1.29, 1.82) is 0 Å². The van der Waals surface area contributed by atoms with Gasteiger partial charge >= 0.3 is 0 Å². The SMILES string of the molecule is CC(C)C(C)N(C)C(C)C(=O)Nc1ccc(C(N)=S)cc1. The Morgan fingerprint density at radius 2 is 1.71 bits per heavy atom. The number of rotatable bonds is 6. The Kier molecular flexibility index (Phi) is 6.30. The number of likely N-dealkylation sites (N-methyl/N-ethyl adjacent to an activating group) is 1. The number of thiocarbonyl (C=S) groups is 1. The van der Waals surface area contributed by atoms with E-state index in [-0.39, 0.29) is 11.9 Å². The Morgan fingerprint density at radius 3 is 2.14 bits per heavy atom. The van der Waals surface area contributed by atoms with Gasteiger partial charge in [-0.15, -0.1) is 0 Å². The van der Waals surface area contributed by atoms with Crippen LogP contribution in [0.4, 0.5) is 5.69 Å². The highest BCUT2D eigenvalue weighted by molar-refractivity contribution is 7.80. The zero-order valence-electron chi connectivity index (χ0n) is 13.4. The second kappa shape index (κ2) is 7.52. The molecule has 0 heterocycles. The van der Waals surface area contributed by atoms with Crippen molar-refractivity contribution in [2.24, 2.45) is 11.7 Å². The third-order valence-electron chi connectivity index (χ3n) is 4.03. The molecule has 21 heavy (non-hydrogen) atoms. The van der Waals surface area contributed by atoms with Crippen molar-refractivity contribution < 1.29 is 4.79 Å². The van der Waals surface area contributed by atoms with E-state index in [9.17, 15) is 4.79 Å². The minimum atomic E-state index is -0.197. The summed E-state index contributed by atoms with van der Waals surface area (Å²) in [6, 6.07) is 7.38. The summed E-state index contributed by atoms with van der Waals surface area (Å²) >= 11 is 4.91. The fraction of sp³-hybridized carbons (Fsp3) is 0.500. The van der Waals surface area contributed by atoms with Crippen LogP contribution in [-0.4, -0.2) is 34.9 Å². The predicted octanol–water partition coefficient (Wildman–Crippen LogP) is 2.62. The van der Waals surface area contributed by atoms with Gasteiger partial charge in [-0.3, -0.25) is 9.69 Å². The van der Waals surface area contributed by atoms with Crippen molar-refractivity contribution in [3.05, 3.63) is 29.8 Å². The smallest absolute Gasteiger partial charge is 0.241 e. The van der Waals surface area contributed by atoms with E-state index < -0.39 is 0 Å². The van der Waals surface area contributed by atoms with Crippen LogP contribution in [-0.2, 0) is 4.79 Å². The molecule has 1 rings (SSSR count). The average molecular weight is 307 g/mol. The molecule has 0 aliphatic carbocycles. The first-order valence-corrected chi connectivity index (χ1v) is 7.57. The lowest BCUT2D eigenvalue weighted by atomic mass is 10.0. The highest BCUT2D eigenvalue weighted by Gasteiger charge is 2.23. The quantitative estimate of drug-likeness (QED) is 0.793.